The standard InChI is InChI=1S/C10H20N2O4S/c1-9(2,3)11-17(15,16)12-6-5-10(4,7-12)8(13)14/h11H,5-7H2,1-4H3,(H,13,14). The van der Waals surface area contributed by atoms with Gasteiger partial charge in [0.25, 0.3) is 10.2 Å². The molecule has 0 bridgehead atoms. The van der Waals surface area contributed by atoms with Gasteiger partial charge in [0.2, 0.25) is 0 Å². The molecular formula is C10H20N2O4S. The Labute approximate surface area is 102 Å². The van der Waals surface area contributed by atoms with Crippen molar-refractivity contribution in [3.63, 3.8) is 0 Å². The van der Waals surface area contributed by atoms with Crippen molar-refractivity contribution in [2.45, 2.75) is 39.7 Å². The molecule has 2 N–H and O–H groups in total. The lowest BCUT2D eigenvalue weighted by Crippen LogP contribution is -2.48. The Balaban J connectivity index is 2.82. The predicted molar refractivity (Wildman–Crippen MR) is 63.7 cm³/mol. The van der Waals surface area contributed by atoms with Crippen LogP contribution in [0.3, 0.4) is 0 Å². The van der Waals surface area contributed by atoms with Gasteiger partial charge in [-0.3, -0.25) is 4.79 Å². The minimum atomic E-state index is -3.60. The molecule has 0 aliphatic carbocycles. The molecule has 0 aromatic heterocycles. The van der Waals surface area contributed by atoms with E-state index in [0.29, 0.717) is 6.42 Å². The molecule has 1 fully saturated rings. The lowest BCUT2D eigenvalue weighted by atomic mass is 9.90. The summed E-state index contributed by atoms with van der Waals surface area (Å²) in [5.74, 6) is -0.953. The van der Waals surface area contributed by atoms with E-state index < -0.39 is 27.1 Å². The maximum absolute atomic E-state index is 12.0. The molecule has 6 nitrogen and oxygen atoms in total. The molecule has 17 heavy (non-hydrogen) atoms. The molecule has 0 amide bonds. The number of rotatable bonds is 3. The number of hydrogen-bond acceptors (Lipinski definition) is 3. The van der Waals surface area contributed by atoms with Crippen molar-refractivity contribution >= 4 is 16.2 Å². The summed E-state index contributed by atoms with van der Waals surface area (Å²) in [6.07, 6.45) is 0.341. The van der Waals surface area contributed by atoms with Gasteiger partial charge < -0.3 is 5.11 Å². The summed E-state index contributed by atoms with van der Waals surface area (Å²) in [6, 6.07) is 0. The van der Waals surface area contributed by atoms with Crippen molar-refractivity contribution in [1.29, 1.82) is 0 Å². The van der Waals surface area contributed by atoms with E-state index in [9.17, 15) is 13.2 Å². The van der Waals surface area contributed by atoms with Crippen molar-refractivity contribution in [3.05, 3.63) is 0 Å². The van der Waals surface area contributed by atoms with Gasteiger partial charge in [0, 0.05) is 18.6 Å². The van der Waals surface area contributed by atoms with Crippen LogP contribution in [-0.2, 0) is 15.0 Å². The van der Waals surface area contributed by atoms with E-state index in [1.54, 1.807) is 27.7 Å². The molecular weight excluding hydrogens is 244 g/mol. The van der Waals surface area contributed by atoms with Crippen LogP contribution in [0.1, 0.15) is 34.1 Å². The van der Waals surface area contributed by atoms with Crippen LogP contribution < -0.4 is 4.72 Å². The first kappa shape index (κ1) is 14.4. The van der Waals surface area contributed by atoms with Crippen LogP contribution in [0.15, 0.2) is 0 Å². The molecule has 0 aromatic carbocycles. The SMILES string of the molecule is CC(C)(C)NS(=O)(=O)N1CCC(C)(C(=O)O)C1. The summed E-state index contributed by atoms with van der Waals surface area (Å²) < 4.78 is 27.7. The van der Waals surface area contributed by atoms with Crippen LogP contribution >= 0.6 is 0 Å². The normalized spacial score (nSPS) is 27.3. The summed E-state index contributed by atoms with van der Waals surface area (Å²) in [6.45, 7) is 7.08. The maximum atomic E-state index is 12.0. The Kier molecular flexibility index (Phi) is 3.58. The number of carboxylic acids is 1. The molecule has 1 rings (SSSR count). The summed E-state index contributed by atoms with van der Waals surface area (Å²) in [5.41, 5.74) is -1.55. The van der Waals surface area contributed by atoms with Crippen LogP contribution in [-0.4, -0.2) is 42.4 Å². The smallest absolute Gasteiger partial charge is 0.310 e. The van der Waals surface area contributed by atoms with Crippen LogP contribution in [0.2, 0.25) is 0 Å². The van der Waals surface area contributed by atoms with E-state index in [4.69, 9.17) is 5.11 Å². The number of nitrogens with one attached hydrogen (secondary N) is 1. The van der Waals surface area contributed by atoms with Crippen molar-refractivity contribution in [3.8, 4) is 0 Å². The van der Waals surface area contributed by atoms with Gasteiger partial charge in [0.05, 0.1) is 5.41 Å². The van der Waals surface area contributed by atoms with Gasteiger partial charge in [-0.25, -0.2) is 0 Å². The monoisotopic (exact) mass is 264 g/mol. The first-order valence-corrected chi connectivity index (χ1v) is 6.93. The molecule has 1 aliphatic rings. The third kappa shape index (κ3) is 3.40. The maximum Gasteiger partial charge on any atom is 0.310 e. The van der Waals surface area contributed by atoms with E-state index in [0.717, 1.165) is 0 Å². The summed E-state index contributed by atoms with van der Waals surface area (Å²) in [4.78, 5) is 11.0. The van der Waals surface area contributed by atoms with Crippen LogP contribution in [0.25, 0.3) is 0 Å². The first-order valence-electron chi connectivity index (χ1n) is 5.49. The van der Waals surface area contributed by atoms with Crippen molar-refractivity contribution in [2.24, 2.45) is 5.41 Å². The molecule has 0 aromatic rings. The van der Waals surface area contributed by atoms with Crippen LogP contribution in [0.5, 0.6) is 0 Å². The lowest BCUT2D eigenvalue weighted by Gasteiger charge is -2.26. The highest BCUT2D eigenvalue weighted by Crippen LogP contribution is 2.31. The fourth-order valence-corrected chi connectivity index (χ4v) is 3.44. The highest BCUT2D eigenvalue weighted by atomic mass is 32.2. The average Bonchev–Trinajstić information content (AvgIpc) is 2.45. The van der Waals surface area contributed by atoms with E-state index in [1.807, 2.05) is 0 Å². The highest BCUT2D eigenvalue weighted by Gasteiger charge is 2.45. The molecule has 1 heterocycles. The Morgan fingerprint density at radius 1 is 1.41 bits per heavy atom. The molecule has 100 valence electrons. The second-order valence-corrected chi connectivity index (χ2v) is 7.48. The Hall–Kier alpha value is -0.660. The van der Waals surface area contributed by atoms with E-state index in [2.05, 4.69) is 4.72 Å². The zero-order valence-electron chi connectivity index (χ0n) is 10.6. The molecule has 7 heteroatoms. The average molecular weight is 264 g/mol. The van der Waals surface area contributed by atoms with Gasteiger partial charge in [-0.05, 0) is 34.1 Å². The molecule has 1 atom stereocenters. The summed E-state index contributed by atoms with van der Waals surface area (Å²) in [7, 11) is -3.60. The van der Waals surface area contributed by atoms with Gasteiger partial charge in [-0.1, -0.05) is 0 Å². The number of aliphatic carboxylic acids is 1. The zero-order chi connectivity index (χ0) is 13.5. The summed E-state index contributed by atoms with van der Waals surface area (Å²) >= 11 is 0. The fourth-order valence-electron chi connectivity index (χ4n) is 1.75. The number of nitrogens with zero attached hydrogens (tertiary/aromatic N) is 1. The highest BCUT2D eigenvalue weighted by molar-refractivity contribution is 7.87. The number of carbonyl (C=O) groups is 1. The van der Waals surface area contributed by atoms with E-state index in [1.165, 1.54) is 4.31 Å². The fraction of sp³-hybridized carbons (Fsp3) is 0.900. The quantitative estimate of drug-likeness (QED) is 0.773. The third-order valence-electron chi connectivity index (χ3n) is 2.73. The number of hydrogen-bond donors (Lipinski definition) is 2. The minimum absolute atomic E-state index is 0.0216. The molecule has 0 saturated carbocycles. The molecule has 0 spiro atoms. The topological polar surface area (TPSA) is 86.7 Å². The van der Waals surface area contributed by atoms with Gasteiger partial charge in [-0.2, -0.15) is 17.4 Å². The Morgan fingerprint density at radius 3 is 2.29 bits per heavy atom. The van der Waals surface area contributed by atoms with Gasteiger partial charge in [0.1, 0.15) is 0 Å². The van der Waals surface area contributed by atoms with Crippen LogP contribution in [0.4, 0.5) is 0 Å². The van der Waals surface area contributed by atoms with Crippen molar-refractivity contribution in [1.82, 2.24) is 9.03 Å². The first-order chi connectivity index (χ1) is 7.46. The largest absolute Gasteiger partial charge is 0.481 e. The molecule has 1 saturated heterocycles. The van der Waals surface area contributed by atoms with Gasteiger partial charge in [-0.15, -0.1) is 0 Å². The van der Waals surface area contributed by atoms with Crippen molar-refractivity contribution in [2.75, 3.05) is 13.1 Å². The molecule has 0 radical (unpaired) electrons. The van der Waals surface area contributed by atoms with Crippen LogP contribution in [0, 0.1) is 5.41 Å². The van der Waals surface area contributed by atoms with Gasteiger partial charge >= 0.3 is 5.97 Å². The Morgan fingerprint density at radius 2 is 1.94 bits per heavy atom. The number of carboxylic acid groups (broad SMARTS) is 1. The predicted octanol–water partition coefficient (Wildman–Crippen LogP) is 0.416. The Bertz CT molecular complexity index is 413. The van der Waals surface area contributed by atoms with Gasteiger partial charge in [0.15, 0.2) is 0 Å². The zero-order valence-corrected chi connectivity index (χ0v) is 11.5. The molecule has 1 unspecified atom stereocenters. The minimum Gasteiger partial charge on any atom is -0.481 e. The van der Waals surface area contributed by atoms with E-state index >= 15 is 0 Å². The second kappa shape index (κ2) is 4.22. The molecule has 1 aliphatic heterocycles. The lowest BCUT2D eigenvalue weighted by molar-refractivity contribution is -0.146. The second-order valence-electron chi connectivity index (χ2n) is 5.81. The van der Waals surface area contributed by atoms with E-state index in [-0.39, 0.29) is 13.1 Å². The summed E-state index contributed by atoms with van der Waals surface area (Å²) in [5, 5.41) is 9.05. The third-order valence-corrected chi connectivity index (χ3v) is 4.59. The van der Waals surface area contributed by atoms with Crippen molar-refractivity contribution < 1.29 is 18.3 Å².